The zero-order valence-corrected chi connectivity index (χ0v) is 18.4. The molecule has 0 saturated heterocycles. The first-order chi connectivity index (χ1) is 14.5. The molecular weight excluding hydrogens is 364 g/mol. The summed E-state index contributed by atoms with van der Waals surface area (Å²) in [5.74, 6) is 0. The molecule has 0 saturated carbocycles. The van der Waals surface area contributed by atoms with Crippen LogP contribution in [0, 0.1) is 20.8 Å². The van der Waals surface area contributed by atoms with E-state index in [9.17, 15) is 0 Å². The fourth-order valence-electron chi connectivity index (χ4n) is 4.11. The number of pyridine rings is 2. The lowest BCUT2D eigenvalue weighted by Gasteiger charge is -2.10. The fourth-order valence-corrected chi connectivity index (χ4v) is 4.11. The minimum absolute atomic E-state index is 0.941. The van der Waals surface area contributed by atoms with Crippen molar-refractivity contribution in [3.05, 3.63) is 107 Å². The van der Waals surface area contributed by atoms with E-state index in [1.165, 1.54) is 44.8 Å². The monoisotopic (exact) mass is 394 g/mol. The fraction of sp³-hybridized carbons (Fsp3) is 0.214. The first-order valence-corrected chi connectivity index (χ1v) is 10.6. The third kappa shape index (κ3) is 4.18. The van der Waals surface area contributed by atoms with E-state index in [4.69, 9.17) is 0 Å². The first-order valence-electron chi connectivity index (χ1n) is 10.6. The van der Waals surface area contributed by atoms with E-state index < -0.39 is 0 Å². The van der Waals surface area contributed by atoms with Gasteiger partial charge < -0.3 is 0 Å². The average molecular weight is 395 g/mol. The van der Waals surface area contributed by atoms with Crippen LogP contribution in [0.4, 0.5) is 0 Å². The summed E-state index contributed by atoms with van der Waals surface area (Å²) < 4.78 is 4.60. The van der Waals surface area contributed by atoms with Crippen LogP contribution in [-0.4, -0.2) is 0 Å². The maximum absolute atomic E-state index is 2.38. The summed E-state index contributed by atoms with van der Waals surface area (Å²) >= 11 is 0. The highest BCUT2D eigenvalue weighted by Crippen LogP contribution is 2.24. The lowest BCUT2D eigenvalue weighted by Crippen LogP contribution is -2.37. The number of aromatic nitrogens is 2. The zero-order chi connectivity index (χ0) is 21.1. The van der Waals surface area contributed by atoms with E-state index in [-0.39, 0.29) is 0 Å². The molecule has 2 nitrogen and oxygen atoms in total. The highest BCUT2D eigenvalue weighted by Gasteiger charge is 2.18. The number of rotatable bonds is 5. The van der Waals surface area contributed by atoms with Gasteiger partial charge in [0.05, 0.1) is 0 Å². The molecule has 0 atom stereocenters. The SMILES string of the molecule is Cc1ccc(CC[n+]2ccccc2-c2ccccc2C)c(-c2cc(C)cc[n+]2C)c1. The van der Waals surface area contributed by atoms with Crippen LogP contribution in [0.2, 0.25) is 0 Å². The van der Waals surface area contributed by atoms with Crippen molar-refractivity contribution < 1.29 is 9.13 Å². The molecule has 2 aromatic heterocycles. The van der Waals surface area contributed by atoms with E-state index in [1.54, 1.807) is 0 Å². The van der Waals surface area contributed by atoms with Gasteiger partial charge in [0.25, 0.3) is 0 Å². The van der Waals surface area contributed by atoms with E-state index in [2.05, 4.69) is 122 Å². The molecule has 0 radical (unpaired) electrons. The Kier molecular flexibility index (Phi) is 5.76. The van der Waals surface area contributed by atoms with Gasteiger partial charge >= 0.3 is 0 Å². The third-order valence-corrected chi connectivity index (χ3v) is 5.83. The quantitative estimate of drug-likeness (QED) is 0.406. The first kappa shape index (κ1) is 20.0. The van der Waals surface area contributed by atoms with Gasteiger partial charge in [0, 0.05) is 41.8 Å². The van der Waals surface area contributed by atoms with Crippen LogP contribution in [0.5, 0.6) is 0 Å². The predicted molar refractivity (Wildman–Crippen MR) is 123 cm³/mol. The Morgan fingerprint density at radius 2 is 1.43 bits per heavy atom. The molecule has 0 N–H and O–H groups in total. The topological polar surface area (TPSA) is 7.76 Å². The van der Waals surface area contributed by atoms with Gasteiger partial charge in [0.2, 0.25) is 11.4 Å². The lowest BCUT2D eigenvalue weighted by atomic mass is 9.97. The van der Waals surface area contributed by atoms with E-state index >= 15 is 0 Å². The minimum Gasteiger partial charge on any atom is -0.201 e. The highest BCUT2D eigenvalue weighted by molar-refractivity contribution is 5.63. The Morgan fingerprint density at radius 1 is 0.667 bits per heavy atom. The van der Waals surface area contributed by atoms with Crippen LogP contribution < -0.4 is 9.13 Å². The van der Waals surface area contributed by atoms with Crippen LogP contribution in [0.3, 0.4) is 0 Å². The highest BCUT2D eigenvalue weighted by atomic mass is 15.0. The molecule has 0 bridgehead atoms. The summed E-state index contributed by atoms with van der Waals surface area (Å²) in [5.41, 5.74) is 10.4. The Balaban J connectivity index is 1.70. The van der Waals surface area contributed by atoms with Crippen molar-refractivity contribution in [1.29, 1.82) is 0 Å². The molecule has 4 aromatic rings. The molecule has 30 heavy (non-hydrogen) atoms. The summed E-state index contributed by atoms with van der Waals surface area (Å²) in [6, 6.07) is 26.4. The Bertz CT molecular complexity index is 1190. The van der Waals surface area contributed by atoms with Gasteiger partial charge in [-0.25, -0.2) is 4.57 Å². The number of nitrogens with zero attached hydrogens (tertiary/aromatic N) is 2. The number of hydrogen-bond donors (Lipinski definition) is 0. The molecule has 0 aliphatic rings. The van der Waals surface area contributed by atoms with E-state index in [1.807, 2.05) is 0 Å². The molecule has 0 aliphatic carbocycles. The van der Waals surface area contributed by atoms with Gasteiger partial charge in [0.15, 0.2) is 18.9 Å². The van der Waals surface area contributed by atoms with Crippen LogP contribution in [0.15, 0.2) is 85.2 Å². The Morgan fingerprint density at radius 3 is 2.27 bits per heavy atom. The molecule has 0 unspecified atom stereocenters. The van der Waals surface area contributed by atoms with Crippen molar-refractivity contribution in [2.45, 2.75) is 33.7 Å². The summed E-state index contributed by atoms with van der Waals surface area (Å²) in [5, 5.41) is 0. The molecule has 4 rings (SSSR count). The molecule has 2 heteroatoms. The van der Waals surface area contributed by atoms with Gasteiger partial charge in [0.1, 0.15) is 7.05 Å². The van der Waals surface area contributed by atoms with Crippen LogP contribution in [-0.2, 0) is 20.0 Å². The molecule has 0 aliphatic heterocycles. The van der Waals surface area contributed by atoms with Crippen molar-refractivity contribution in [3.8, 4) is 22.5 Å². The van der Waals surface area contributed by atoms with Crippen LogP contribution in [0.25, 0.3) is 22.5 Å². The van der Waals surface area contributed by atoms with Crippen LogP contribution in [0.1, 0.15) is 22.3 Å². The molecule has 0 amide bonds. The molecule has 2 heterocycles. The summed E-state index contributed by atoms with van der Waals surface area (Å²) in [4.78, 5) is 0. The van der Waals surface area contributed by atoms with Crippen LogP contribution >= 0.6 is 0 Å². The second kappa shape index (κ2) is 8.62. The van der Waals surface area contributed by atoms with Crippen molar-refractivity contribution >= 4 is 0 Å². The van der Waals surface area contributed by atoms with E-state index in [0.717, 1.165) is 13.0 Å². The number of aryl methyl sites for hydroxylation is 6. The van der Waals surface area contributed by atoms with Gasteiger partial charge in [-0.2, -0.15) is 4.57 Å². The van der Waals surface area contributed by atoms with Gasteiger partial charge in [-0.1, -0.05) is 35.9 Å². The Labute approximate surface area is 180 Å². The number of hydrogen-bond acceptors (Lipinski definition) is 0. The second-order valence-electron chi connectivity index (χ2n) is 8.21. The Hall–Kier alpha value is -3.26. The largest absolute Gasteiger partial charge is 0.212 e. The predicted octanol–water partition coefficient (Wildman–Crippen LogP) is 5.30. The smallest absolute Gasteiger partial charge is 0.201 e. The van der Waals surface area contributed by atoms with Gasteiger partial charge in [-0.05, 0) is 55.7 Å². The molecular formula is C28H30N2+2. The van der Waals surface area contributed by atoms with Crippen molar-refractivity contribution in [1.82, 2.24) is 0 Å². The summed E-state index contributed by atoms with van der Waals surface area (Å²) in [7, 11) is 2.13. The average Bonchev–Trinajstić information content (AvgIpc) is 2.75. The van der Waals surface area contributed by atoms with Gasteiger partial charge in [-0.15, -0.1) is 0 Å². The number of benzene rings is 2. The van der Waals surface area contributed by atoms with E-state index in [0.29, 0.717) is 0 Å². The molecule has 2 aromatic carbocycles. The van der Waals surface area contributed by atoms with Gasteiger partial charge in [-0.3, -0.25) is 0 Å². The summed E-state index contributed by atoms with van der Waals surface area (Å²) in [6.07, 6.45) is 5.33. The van der Waals surface area contributed by atoms with Crippen molar-refractivity contribution in [3.63, 3.8) is 0 Å². The minimum atomic E-state index is 0.941. The lowest BCUT2D eigenvalue weighted by molar-refractivity contribution is -0.685. The maximum Gasteiger partial charge on any atom is 0.212 e. The maximum atomic E-state index is 2.38. The van der Waals surface area contributed by atoms with Crippen molar-refractivity contribution in [2.24, 2.45) is 7.05 Å². The standard InChI is InChI=1S/C28H30N2/c1-21-12-13-24(26(19-21)28-20-22(2)14-17-29(28)4)15-18-30-16-8-7-11-27(30)25-10-6-5-9-23(25)3/h5-14,16-17,19-20H,15,18H2,1-4H3/q+2. The normalized spacial score (nSPS) is 10.9. The second-order valence-corrected chi connectivity index (χ2v) is 8.21. The zero-order valence-electron chi connectivity index (χ0n) is 18.4. The molecule has 0 spiro atoms. The molecule has 0 fully saturated rings. The summed E-state index contributed by atoms with van der Waals surface area (Å²) in [6.45, 7) is 7.46. The molecule has 150 valence electrons. The third-order valence-electron chi connectivity index (χ3n) is 5.83. The van der Waals surface area contributed by atoms with Crippen molar-refractivity contribution in [2.75, 3.05) is 0 Å².